The summed E-state index contributed by atoms with van der Waals surface area (Å²) in [5.74, 6) is 0.886. The van der Waals surface area contributed by atoms with Crippen molar-refractivity contribution in [2.75, 3.05) is 13.1 Å². The number of aromatic amines is 1. The molecule has 6 nitrogen and oxygen atoms in total. The number of imidazole rings is 2. The highest BCUT2D eigenvalue weighted by molar-refractivity contribution is 5.93. The van der Waals surface area contributed by atoms with Gasteiger partial charge in [0.1, 0.15) is 17.2 Å². The van der Waals surface area contributed by atoms with Crippen molar-refractivity contribution >= 4 is 22.6 Å². The van der Waals surface area contributed by atoms with Crippen LogP contribution < -0.4 is 0 Å². The van der Waals surface area contributed by atoms with E-state index in [4.69, 9.17) is 0 Å². The quantitative estimate of drug-likeness (QED) is 0.603. The van der Waals surface area contributed by atoms with Crippen molar-refractivity contribution in [3.05, 3.63) is 65.9 Å². The molecular weight excluding hydrogens is 326 g/mol. The number of hydrogen-bond acceptors (Lipinski definition) is 3. The highest BCUT2D eigenvalue weighted by Crippen LogP contribution is 2.16. The molecular formula is C20H21N5O. The van der Waals surface area contributed by atoms with Crippen LogP contribution in [0.15, 0.2) is 48.8 Å². The van der Waals surface area contributed by atoms with E-state index in [-0.39, 0.29) is 5.91 Å². The third-order valence-electron chi connectivity index (χ3n) is 4.69. The van der Waals surface area contributed by atoms with Crippen molar-refractivity contribution in [2.45, 2.75) is 20.3 Å². The second-order valence-electron chi connectivity index (χ2n) is 6.36. The maximum Gasteiger partial charge on any atom is 0.272 e. The lowest BCUT2D eigenvalue weighted by molar-refractivity contribution is 0.0758. The number of rotatable bonds is 5. The molecule has 3 heterocycles. The van der Waals surface area contributed by atoms with Crippen molar-refractivity contribution in [3.8, 4) is 0 Å². The van der Waals surface area contributed by atoms with Gasteiger partial charge in [0.15, 0.2) is 0 Å². The summed E-state index contributed by atoms with van der Waals surface area (Å²) in [6.45, 7) is 5.29. The average molecular weight is 347 g/mol. The molecule has 0 saturated heterocycles. The summed E-state index contributed by atoms with van der Waals surface area (Å²) >= 11 is 0. The molecule has 0 bridgehead atoms. The van der Waals surface area contributed by atoms with Crippen LogP contribution in [0.5, 0.6) is 0 Å². The van der Waals surface area contributed by atoms with Crippen molar-refractivity contribution in [1.82, 2.24) is 24.3 Å². The molecule has 26 heavy (non-hydrogen) atoms. The van der Waals surface area contributed by atoms with E-state index < -0.39 is 0 Å². The summed E-state index contributed by atoms with van der Waals surface area (Å²) in [5.41, 5.74) is 4.55. The van der Waals surface area contributed by atoms with Gasteiger partial charge in [-0.1, -0.05) is 18.2 Å². The van der Waals surface area contributed by atoms with E-state index in [1.807, 2.05) is 52.8 Å². The predicted molar refractivity (Wildman–Crippen MR) is 101 cm³/mol. The Morgan fingerprint density at radius 2 is 2.12 bits per heavy atom. The number of H-pyrrole nitrogens is 1. The van der Waals surface area contributed by atoms with E-state index in [1.165, 1.54) is 0 Å². The summed E-state index contributed by atoms with van der Waals surface area (Å²) in [6.07, 6.45) is 4.20. The van der Waals surface area contributed by atoms with E-state index in [1.54, 1.807) is 6.20 Å². The van der Waals surface area contributed by atoms with E-state index >= 15 is 0 Å². The van der Waals surface area contributed by atoms with Gasteiger partial charge in [0.25, 0.3) is 5.91 Å². The van der Waals surface area contributed by atoms with E-state index in [9.17, 15) is 4.79 Å². The average Bonchev–Trinajstić information content (AvgIpc) is 3.26. The number of nitrogens with zero attached hydrogens (tertiary/aromatic N) is 4. The second-order valence-corrected chi connectivity index (χ2v) is 6.36. The molecule has 0 aliphatic rings. The number of fused-ring (bicyclic) bond motifs is 2. The van der Waals surface area contributed by atoms with Gasteiger partial charge in [0, 0.05) is 25.7 Å². The first-order valence-electron chi connectivity index (χ1n) is 8.83. The van der Waals surface area contributed by atoms with Crippen molar-refractivity contribution in [1.29, 1.82) is 0 Å². The molecule has 132 valence electrons. The molecule has 6 heteroatoms. The zero-order valence-electron chi connectivity index (χ0n) is 14.9. The lowest BCUT2D eigenvalue weighted by Crippen LogP contribution is -2.33. The molecule has 1 amide bonds. The topological polar surface area (TPSA) is 66.3 Å². The van der Waals surface area contributed by atoms with Crippen LogP contribution in [0.3, 0.4) is 0 Å². The zero-order valence-corrected chi connectivity index (χ0v) is 14.9. The van der Waals surface area contributed by atoms with Crippen LogP contribution in [-0.2, 0) is 6.42 Å². The highest BCUT2D eigenvalue weighted by Gasteiger charge is 2.18. The van der Waals surface area contributed by atoms with Gasteiger partial charge in [-0.3, -0.25) is 9.20 Å². The van der Waals surface area contributed by atoms with Gasteiger partial charge in [-0.2, -0.15) is 0 Å². The molecule has 3 aromatic heterocycles. The predicted octanol–water partition coefficient (Wildman–Crippen LogP) is 3.22. The third-order valence-corrected chi connectivity index (χ3v) is 4.69. The normalized spacial score (nSPS) is 11.3. The Morgan fingerprint density at radius 1 is 1.23 bits per heavy atom. The number of hydrogen-bond donors (Lipinski definition) is 1. The van der Waals surface area contributed by atoms with E-state index in [0.717, 1.165) is 28.1 Å². The maximum absolute atomic E-state index is 12.9. The molecule has 4 aromatic rings. The second kappa shape index (κ2) is 6.63. The van der Waals surface area contributed by atoms with E-state index in [0.29, 0.717) is 25.2 Å². The van der Waals surface area contributed by atoms with Crippen molar-refractivity contribution < 1.29 is 4.79 Å². The number of para-hydroxylation sites is 1. The Hall–Kier alpha value is -3.15. The lowest BCUT2D eigenvalue weighted by Gasteiger charge is -2.20. The highest BCUT2D eigenvalue weighted by atomic mass is 16.2. The Labute approximate surface area is 151 Å². The molecule has 1 aromatic carbocycles. The monoisotopic (exact) mass is 347 g/mol. The Morgan fingerprint density at radius 3 is 2.92 bits per heavy atom. The van der Waals surface area contributed by atoms with Gasteiger partial charge < -0.3 is 9.88 Å². The van der Waals surface area contributed by atoms with Crippen LogP contribution in [0.25, 0.3) is 16.7 Å². The first kappa shape index (κ1) is 16.3. The molecule has 0 radical (unpaired) electrons. The minimum absolute atomic E-state index is 0.0153. The van der Waals surface area contributed by atoms with Crippen LogP contribution in [0.1, 0.15) is 28.8 Å². The van der Waals surface area contributed by atoms with Crippen molar-refractivity contribution in [2.24, 2.45) is 0 Å². The number of carbonyl (C=O) groups is 1. The Bertz CT molecular complexity index is 1080. The SMILES string of the molecule is CCN(CCc1nc2c(C)cccc2[nH]1)C(=O)c1cnc2ccccn12. The van der Waals surface area contributed by atoms with Crippen LogP contribution in [0.2, 0.25) is 0 Å². The minimum Gasteiger partial charge on any atom is -0.342 e. The molecule has 0 fully saturated rings. The number of amides is 1. The maximum atomic E-state index is 12.9. The molecule has 1 N–H and O–H groups in total. The van der Waals surface area contributed by atoms with Gasteiger partial charge in [-0.15, -0.1) is 0 Å². The largest absolute Gasteiger partial charge is 0.342 e. The zero-order chi connectivity index (χ0) is 18.1. The van der Waals surface area contributed by atoms with Crippen LogP contribution >= 0.6 is 0 Å². The molecule has 0 saturated carbocycles. The standard InChI is InChI=1S/C20H21N5O/c1-3-24(20(26)16-13-21-18-9-4-5-11-25(16)18)12-10-17-22-15-8-6-7-14(2)19(15)23-17/h4-9,11,13H,3,10,12H2,1-2H3,(H,22,23). The first-order valence-corrected chi connectivity index (χ1v) is 8.83. The van der Waals surface area contributed by atoms with Gasteiger partial charge >= 0.3 is 0 Å². The molecule has 0 atom stereocenters. The summed E-state index contributed by atoms with van der Waals surface area (Å²) in [7, 11) is 0. The van der Waals surface area contributed by atoms with Gasteiger partial charge in [0.05, 0.1) is 17.2 Å². The van der Waals surface area contributed by atoms with Gasteiger partial charge in [-0.25, -0.2) is 9.97 Å². The van der Waals surface area contributed by atoms with Crippen LogP contribution in [0, 0.1) is 6.92 Å². The summed E-state index contributed by atoms with van der Waals surface area (Å²) in [4.78, 5) is 27.1. The number of aryl methyl sites for hydroxylation is 1. The van der Waals surface area contributed by atoms with Crippen LogP contribution in [0.4, 0.5) is 0 Å². The third kappa shape index (κ3) is 2.83. The number of benzene rings is 1. The lowest BCUT2D eigenvalue weighted by atomic mass is 10.2. The molecule has 4 rings (SSSR count). The number of carbonyl (C=O) groups excluding carboxylic acids is 1. The summed E-state index contributed by atoms with van der Waals surface area (Å²) in [5, 5.41) is 0. The Kier molecular flexibility index (Phi) is 4.16. The Balaban J connectivity index is 1.53. The molecule has 0 unspecified atom stereocenters. The number of aromatic nitrogens is 4. The number of pyridine rings is 1. The molecule has 0 aliphatic heterocycles. The number of likely N-dealkylation sites (N-methyl/N-ethyl adjacent to an activating group) is 1. The first-order chi connectivity index (χ1) is 12.7. The smallest absolute Gasteiger partial charge is 0.272 e. The minimum atomic E-state index is -0.0153. The van der Waals surface area contributed by atoms with Crippen molar-refractivity contribution in [3.63, 3.8) is 0 Å². The molecule has 0 spiro atoms. The van der Waals surface area contributed by atoms with E-state index in [2.05, 4.69) is 27.9 Å². The van der Waals surface area contributed by atoms with Crippen LogP contribution in [-0.4, -0.2) is 43.2 Å². The fourth-order valence-corrected chi connectivity index (χ4v) is 3.24. The molecule has 0 aliphatic carbocycles. The fourth-order valence-electron chi connectivity index (χ4n) is 3.24. The summed E-state index contributed by atoms with van der Waals surface area (Å²) < 4.78 is 1.83. The van der Waals surface area contributed by atoms with Gasteiger partial charge in [-0.05, 0) is 37.6 Å². The number of nitrogens with one attached hydrogen (secondary N) is 1. The van der Waals surface area contributed by atoms with Gasteiger partial charge in [0.2, 0.25) is 0 Å². The summed E-state index contributed by atoms with van der Waals surface area (Å²) in [6, 6.07) is 11.8. The fraction of sp³-hybridized carbons (Fsp3) is 0.250.